The Morgan fingerprint density at radius 1 is 1.25 bits per heavy atom. The molecule has 8 heteroatoms. The van der Waals surface area contributed by atoms with Crippen molar-refractivity contribution in [2.75, 3.05) is 18.2 Å². The van der Waals surface area contributed by atoms with Crippen molar-refractivity contribution in [3.05, 3.63) is 63.5 Å². The largest absolute Gasteiger partial charge is 0.493 e. The number of amides is 1. The summed E-state index contributed by atoms with van der Waals surface area (Å²) in [6.45, 7) is 0.376. The quantitative estimate of drug-likeness (QED) is 0.643. The van der Waals surface area contributed by atoms with E-state index in [1.54, 1.807) is 7.11 Å². The van der Waals surface area contributed by atoms with Crippen molar-refractivity contribution in [2.45, 2.75) is 18.9 Å². The molecule has 0 unspecified atom stereocenters. The van der Waals surface area contributed by atoms with Gasteiger partial charge in [-0.3, -0.25) is 4.79 Å². The van der Waals surface area contributed by atoms with Crippen molar-refractivity contribution < 1.29 is 14.3 Å². The molecule has 28 heavy (non-hydrogen) atoms. The Hall–Kier alpha value is -2.77. The van der Waals surface area contributed by atoms with Gasteiger partial charge >= 0.3 is 0 Å². The Morgan fingerprint density at radius 2 is 2.04 bits per heavy atom. The van der Waals surface area contributed by atoms with Crippen LogP contribution in [-0.2, 0) is 11.4 Å². The van der Waals surface area contributed by atoms with E-state index in [2.05, 4.69) is 10.3 Å². The van der Waals surface area contributed by atoms with E-state index in [9.17, 15) is 4.79 Å². The number of nitrogen functional groups attached to an aromatic ring is 1. The van der Waals surface area contributed by atoms with Crippen LogP contribution in [0.2, 0.25) is 5.02 Å². The predicted molar refractivity (Wildman–Crippen MR) is 110 cm³/mol. The van der Waals surface area contributed by atoms with Gasteiger partial charge in [-0.15, -0.1) is 0 Å². The Kier molecular flexibility index (Phi) is 5.11. The molecule has 1 aliphatic heterocycles. The third-order valence-electron chi connectivity index (χ3n) is 4.53. The van der Waals surface area contributed by atoms with Gasteiger partial charge in [-0.05, 0) is 35.4 Å². The van der Waals surface area contributed by atoms with Crippen LogP contribution < -0.4 is 20.5 Å². The highest BCUT2D eigenvalue weighted by atomic mass is 35.5. The number of rotatable bonds is 5. The molecule has 1 aromatic heterocycles. The van der Waals surface area contributed by atoms with Gasteiger partial charge in [0.15, 0.2) is 16.6 Å². The van der Waals surface area contributed by atoms with Crippen molar-refractivity contribution in [2.24, 2.45) is 0 Å². The standard InChI is InChI=1S/C20H18ClN3O3S/c1-26-15-7-4-12(8-16(15)27-10-11-2-5-13(21)6-3-11)14-9-17(25)23-19-18(14)28-20(22)24-19/h2-8,14H,9-10H2,1H3,(H2,22,24)(H,23,25)/t14-/m0/s1. The monoisotopic (exact) mass is 415 g/mol. The van der Waals surface area contributed by atoms with Crippen molar-refractivity contribution >= 4 is 39.8 Å². The van der Waals surface area contributed by atoms with Crippen LogP contribution in [0.4, 0.5) is 10.9 Å². The molecule has 0 aliphatic carbocycles. The van der Waals surface area contributed by atoms with Gasteiger partial charge in [-0.1, -0.05) is 41.1 Å². The molecule has 1 amide bonds. The molecular weight excluding hydrogens is 398 g/mol. The lowest BCUT2D eigenvalue weighted by Gasteiger charge is -2.22. The van der Waals surface area contributed by atoms with Crippen molar-refractivity contribution in [1.29, 1.82) is 0 Å². The molecular formula is C20H18ClN3O3S. The Labute approximate surface area is 171 Å². The molecule has 144 valence electrons. The summed E-state index contributed by atoms with van der Waals surface area (Å²) in [5.41, 5.74) is 7.79. The first kappa shape index (κ1) is 18.6. The lowest BCUT2D eigenvalue weighted by Crippen LogP contribution is -2.22. The number of ether oxygens (including phenoxy) is 2. The van der Waals surface area contributed by atoms with Gasteiger partial charge in [-0.2, -0.15) is 0 Å². The molecule has 1 atom stereocenters. The number of halogens is 1. The zero-order valence-electron chi connectivity index (χ0n) is 15.1. The van der Waals surface area contributed by atoms with Gasteiger partial charge in [0.05, 0.1) is 12.0 Å². The zero-order chi connectivity index (χ0) is 19.7. The molecule has 0 saturated carbocycles. The summed E-state index contributed by atoms with van der Waals surface area (Å²) >= 11 is 7.32. The van der Waals surface area contributed by atoms with E-state index < -0.39 is 0 Å². The summed E-state index contributed by atoms with van der Waals surface area (Å²) in [5.74, 6) is 1.58. The lowest BCUT2D eigenvalue weighted by molar-refractivity contribution is -0.116. The number of benzene rings is 2. The van der Waals surface area contributed by atoms with E-state index in [4.69, 9.17) is 26.8 Å². The number of carbonyl (C=O) groups is 1. The number of hydrogen-bond donors (Lipinski definition) is 2. The van der Waals surface area contributed by atoms with E-state index >= 15 is 0 Å². The minimum Gasteiger partial charge on any atom is -0.493 e. The summed E-state index contributed by atoms with van der Waals surface area (Å²) in [6.07, 6.45) is 0.331. The van der Waals surface area contributed by atoms with Gasteiger partial charge in [0.25, 0.3) is 0 Å². The summed E-state index contributed by atoms with van der Waals surface area (Å²) < 4.78 is 11.4. The summed E-state index contributed by atoms with van der Waals surface area (Å²) in [6, 6.07) is 13.2. The van der Waals surface area contributed by atoms with Crippen LogP contribution in [0.5, 0.6) is 11.5 Å². The molecule has 0 spiro atoms. The Morgan fingerprint density at radius 3 is 2.79 bits per heavy atom. The molecule has 6 nitrogen and oxygen atoms in total. The summed E-state index contributed by atoms with van der Waals surface area (Å²) in [7, 11) is 1.60. The number of aromatic nitrogens is 1. The molecule has 2 aromatic carbocycles. The van der Waals surface area contributed by atoms with Crippen LogP contribution in [0.15, 0.2) is 42.5 Å². The second-order valence-corrected chi connectivity index (χ2v) is 7.89. The smallest absolute Gasteiger partial charge is 0.226 e. The number of nitrogens with zero attached hydrogens (tertiary/aromatic N) is 1. The van der Waals surface area contributed by atoms with Gasteiger partial charge < -0.3 is 20.5 Å². The number of nitrogens with one attached hydrogen (secondary N) is 1. The number of fused-ring (bicyclic) bond motifs is 1. The van der Waals surface area contributed by atoms with Gasteiger partial charge in [0.2, 0.25) is 5.91 Å². The number of methoxy groups -OCH3 is 1. The summed E-state index contributed by atoms with van der Waals surface area (Å²) in [4.78, 5) is 17.3. The van der Waals surface area contributed by atoms with E-state index in [-0.39, 0.29) is 11.8 Å². The number of anilines is 2. The fourth-order valence-electron chi connectivity index (χ4n) is 3.17. The first-order chi connectivity index (χ1) is 13.5. The van der Waals surface area contributed by atoms with Crippen molar-refractivity contribution in [1.82, 2.24) is 4.98 Å². The molecule has 1 aliphatic rings. The van der Waals surface area contributed by atoms with Crippen LogP contribution >= 0.6 is 22.9 Å². The first-order valence-corrected chi connectivity index (χ1v) is 9.84. The molecule has 2 heterocycles. The Balaban J connectivity index is 1.63. The minimum atomic E-state index is -0.123. The fraction of sp³-hybridized carbons (Fsp3) is 0.200. The highest BCUT2D eigenvalue weighted by molar-refractivity contribution is 7.16. The molecule has 0 fully saturated rings. The van der Waals surface area contributed by atoms with Gasteiger partial charge in [0, 0.05) is 17.4 Å². The fourth-order valence-corrected chi connectivity index (χ4v) is 4.21. The molecule has 3 aromatic rings. The minimum absolute atomic E-state index is 0.0812. The van der Waals surface area contributed by atoms with E-state index in [1.165, 1.54) is 11.3 Å². The van der Waals surface area contributed by atoms with Crippen LogP contribution in [0.25, 0.3) is 0 Å². The molecule has 3 N–H and O–H groups in total. The number of nitrogens with two attached hydrogens (primary N) is 1. The number of thiazole rings is 1. The molecule has 0 saturated heterocycles. The molecule has 0 radical (unpaired) electrons. The van der Waals surface area contributed by atoms with Gasteiger partial charge in [0.1, 0.15) is 12.4 Å². The number of hydrogen-bond acceptors (Lipinski definition) is 6. The third-order valence-corrected chi connectivity index (χ3v) is 5.78. The molecule has 4 rings (SSSR count). The topological polar surface area (TPSA) is 86.5 Å². The maximum Gasteiger partial charge on any atom is 0.226 e. The second kappa shape index (κ2) is 7.69. The summed E-state index contributed by atoms with van der Waals surface area (Å²) in [5, 5.41) is 3.90. The van der Waals surface area contributed by atoms with E-state index in [0.29, 0.717) is 40.5 Å². The van der Waals surface area contributed by atoms with Crippen LogP contribution in [0.3, 0.4) is 0 Å². The third kappa shape index (κ3) is 3.76. The van der Waals surface area contributed by atoms with Gasteiger partial charge in [-0.25, -0.2) is 4.98 Å². The average Bonchev–Trinajstić information content (AvgIpc) is 3.06. The number of carbonyl (C=O) groups excluding carboxylic acids is 1. The molecule has 0 bridgehead atoms. The second-order valence-electron chi connectivity index (χ2n) is 6.40. The first-order valence-electron chi connectivity index (χ1n) is 8.64. The van der Waals surface area contributed by atoms with E-state index in [1.807, 2.05) is 42.5 Å². The van der Waals surface area contributed by atoms with Crippen LogP contribution in [-0.4, -0.2) is 18.0 Å². The van der Waals surface area contributed by atoms with Crippen molar-refractivity contribution in [3.8, 4) is 11.5 Å². The maximum absolute atomic E-state index is 12.1. The lowest BCUT2D eigenvalue weighted by atomic mass is 9.91. The zero-order valence-corrected chi connectivity index (χ0v) is 16.6. The van der Waals surface area contributed by atoms with Crippen LogP contribution in [0, 0.1) is 0 Å². The Bertz CT molecular complexity index is 1020. The highest BCUT2D eigenvalue weighted by Gasteiger charge is 2.30. The van der Waals surface area contributed by atoms with Crippen LogP contribution in [0.1, 0.15) is 28.3 Å². The normalized spacial score (nSPS) is 15.6. The SMILES string of the molecule is COc1ccc([C@@H]2CC(=O)Nc3nc(N)sc32)cc1OCc1ccc(Cl)cc1. The average molecular weight is 416 g/mol. The van der Waals surface area contributed by atoms with Crippen molar-refractivity contribution in [3.63, 3.8) is 0 Å². The maximum atomic E-state index is 12.1. The highest BCUT2D eigenvalue weighted by Crippen LogP contribution is 2.43. The predicted octanol–water partition coefficient (Wildman–Crippen LogP) is 4.44. The van der Waals surface area contributed by atoms with E-state index in [0.717, 1.165) is 16.0 Å².